The Morgan fingerprint density at radius 3 is 2.56 bits per heavy atom. The van der Waals surface area contributed by atoms with E-state index in [1.54, 1.807) is 7.11 Å². The Kier molecular flexibility index (Phi) is 6.09. The standard InChI is InChI=1S/C14H24N2O2/c1-10(2)15-8-13-6-7-14(16-12(13)4)18-11(3)9-17-5/h6-7,10-11,15H,8-9H2,1-5H3. The molecule has 0 spiro atoms. The van der Waals surface area contributed by atoms with Crippen LogP contribution < -0.4 is 10.1 Å². The molecule has 1 unspecified atom stereocenters. The van der Waals surface area contributed by atoms with Crippen molar-refractivity contribution in [1.29, 1.82) is 0 Å². The van der Waals surface area contributed by atoms with Gasteiger partial charge in [-0.2, -0.15) is 0 Å². The van der Waals surface area contributed by atoms with E-state index in [0.717, 1.165) is 12.2 Å². The van der Waals surface area contributed by atoms with Gasteiger partial charge in [0.15, 0.2) is 0 Å². The first kappa shape index (κ1) is 14.9. The van der Waals surface area contributed by atoms with Crippen molar-refractivity contribution in [2.24, 2.45) is 0 Å². The van der Waals surface area contributed by atoms with Gasteiger partial charge in [-0.25, -0.2) is 4.98 Å². The highest BCUT2D eigenvalue weighted by molar-refractivity contribution is 5.25. The first-order valence-corrected chi connectivity index (χ1v) is 6.38. The zero-order valence-electron chi connectivity index (χ0n) is 12.0. The highest BCUT2D eigenvalue weighted by atomic mass is 16.5. The number of ether oxygens (including phenoxy) is 2. The third-order valence-corrected chi connectivity index (χ3v) is 2.59. The van der Waals surface area contributed by atoms with Crippen LogP contribution in [0.25, 0.3) is 0 Å². The minimum Gasteiger partial charge on any atom is -0.472 e. The van der Waals surface area contributed by atoms with Gasteiger partial charge in [0, 0.05) is 31.5 Å². The maximum atomic E-state index is 5.66. The molecular formula is C14H24N2O2. The van der Waals surface area contributed by atoms with E-state index in [1.807, 2.05) is 19.9 Å². The Labute approximate surface area is 110 Å². The van der Waals surface area contributed by atoms with Gasteiger partial charge in [-0.1, -0.05) is 19.9 Å². The second kappa shape index (κ2) is 7.34. The second-order valence-corrected chi connectivity index (χ2v) is 4.81. The topological polar surface area (TPSA) is 43.4 Å². The number of hydrogen-bond acceptors (Lipinski definition) is 4. The third kappa shape index (κ3) is 5.02. The van der Waals surface area contributed by atoms with Crippen LogP contribution in [0.3, 0.4) is 0 Å². The van der Waals surface area contributed by atoms with Crippen LogP contribution in [0, 0.1) is 6.92 Å². The lowest BCUT2D eigenvalue weighted by atomic mass is 10.2. The van der Waals surface area contributed by atoms with E-state index in [2.05, 4.69) is 30.2 Å². The van der Waals surface area contributed by atoms with Crippen LogP contribution in [-0.4, -0.2) is 30.8 Å². The van der Waals surface area contributed by atoms with Crippen LogP contribution in [0.1, 0.15) is 32.0 Å². The molecule has 0 radical (unpaired) electrons. The Morgan fingerprint density at radius 2 is 2.00 bits per heavy atom. The van der Waals surface area contributed by atoms with Gasteiger partial charge in [0.25, 0.3) is 0 Å². The molecule has 1 aromatic rings. The largest absolute Gasteiger partial charge is 0.472 e. The predicted molar refractivity (Wildman–Crippen MR) is 72.9 cm³/mol. The van der Waals surface area contributed by atoms with Crippen molar-refractivity contribution in [2.45, 2.75) is 46.4 Å². The Bertz CT molecular complexity index is 367. The summed E-state index contributed by atoms with van der Waals surface area (Å²) in [6.07, 6.45) is 0.0153. The number of nitrogens with one attached hydrogen (secondary N) is 1. The average molecular weight is 252 g/mol. The fourth-order valence-corrected chi connectivity index (χ4v) is 1.61. The lowest BCUT2D eigenvalue weighted by molar-refractivity contribution is 0.0888. The van der Waals surface area contributed by atoms with Gasteiger partial charge in [-0.3, -0.25) is 0 Å². The second-order valence-electron chi connectivity index (χ2n) is 4.81. The molecule has 0 aliphatic carbocycles. The van der Waals surface area contributed by atoms with Crippen molar-refractivity contribution in [2.75, 3.05) is 13.7 Å². The van der Waals surface area contributed by atoms with Crippen molar-refractivity contribution < 1.29 is 9.47 Å². The van der Waals surface area contributed by atoms with Gasteiger partial charge < -0.3 is 14.8 Å². The Morgan fingerprint density at radius 1 is 1.28 bits per heavy atom. The monoisotopic (exact) mass is 252 g/mol. The molecule has 4 heteroatoms. The van der Waals surface area contributed by atoms with Crippen molar-refractivity contribution in [3.63, 3.8) is 0 Å². The molecule has 0 amide bonds. The zero-order valence-corrected chi connectivity index (χ0v) is 12.0. The molecule has 0 aliphatic heterocycles. The fraction of sp³-hybridized carbons (Fsp3) is 0.643. The summed E-state index contributed by atoms with van der Waals surface area (Å²) >= 11 is 0. The highest BCUT2D eigenvalue weighted by Gasteiger charge is 2.07. The summed E-state index contributed by atoms with van der Waals surface area (Å²) < 4.78 is 10.7. The number of hydrogen-bond donors (Lipinski definition) is 1. The number of pyridine rings is 1. The predicted octanol–water partition coefficient (Wildman–Crippen LogP) is 2.30. The van der Waals surface area contributed by atoms with Crippen molar-refractivity contribution in [3.8, 4) is 5.88 Å². The molecule has 0 bridgehead atoms. The summed E-state index contributed by atoms with van der Waals surface area (Å²) in [5.41, 5.74) is 2.21. The van der Waals surface area contributed by atoms with E-state index in [1.165, 1.54) is 5.56 Å². The minimum atomic E-state index is 0.0153. The summed E-state index contributed by atoms with van der Waals surface area (Å²) in [7, 11) is 1.67. The maximum Gasteiger partial charge on any atom is 0.213 e. The maximum absolute atomic E-state index is 5.66. The van der Waals surface area contributed by atoms with Gasteiger partial charge in [0.2, 0.25) is 5.88 Å². The highest BCUT2D eigenvalue weighted by Crippen LogP contribution is 2.14. The van der Waals surface area contributed by atoms with Crippen molar-refractivity contribution >= 4 is 0 Å². The minimum absolute atomic E-state index is 0.0153. The summed E-state index contributed by atoms with van der Waals surface area (Å²) in [5, 5.41) is 3.38. The molecular weight excluding hydrogens is 228 g/mol. The van der Waals surface area contributed by atoms with E-state index in [9.17, 15) is 0 Å². The van der Waals surface area contributed by atoms with Crippen LogP contribution in [0.2, 0.25) is 0 Å². The van der Waals surface area contributed by atoms with Crippen LogP contribution in [0.4, 0.5) is 0 Å². The summed E-state index contributed by atoms with van der Waals surface area (Å²) in [6, 6.07) is 4.45. The Balaban J connectivity index is 2.61. The molecule has 102 valence electrons. The quantitative estimate of drug-likeness (QED) is 0.808. The zero-order chi connectivity index (χ0) is 13.5. The van der Waals surface area contributed by atoms with E-state index in [0.29, 0.717) is 18.5 Å². The molecule has 0 saturated heterocycles. The van der Waals surface area contributed by atoms with Crippen molar-refractivity contribution in [1.82, 2.24) is 10.3 Å². The van der Waals surface area contributed by atoms with Gasteiger partial charge >= 0.3 is 0 Å². The van der Waals surface area contributed by atoms with Gasteiger partial charge in [-0.15, -0.1) is 0 Å². The summed E-state index contributed by atoms with van der Waals surface area (Å²) in [5.74, 6) is 0.658. The summed E-state index contributed by atoms with van der Waals surface area (Å²) in [6.45, 7) is 9.64. The van der Waals surface area contributed by atoms with Gasteiger partial charge in [0.1, 0.15) is 6.10 Å². The van der Waals surface area contributed by atoms with E-state index in [-0.39, 0.29) is 6.10 Å². The number of aromatic nitrogens is 1. The molecule has 0 saturated carbocycles. The van der Waals surface area contributed by atoms with E-state index in [4.69, 9.17) is 9.47 Å². The molecule has 0 aromatic carbocycles. The molecule has 1 rings (SSSR count). The lowest BCUT2D eigenvalue weighted by Crippen LogP contribution is -2.23. The van der Waals surface area contributed by atoms with Crippen LogP contribution in [0.15, 0.2) is 12.1 Å². The van der Waals surface area contributed by atoms with Gasteiger partial charge in [0.05, 0.1) is 6.61 Å². The first-order valence-electron chi connectivity index (χ1n) is 6.38. The molecule has 1 atom stereocenters. The summed E-state index contributed by atoms with van der Waals surface area (Å²) in [4.78, 5) is 4.46. The number of nitrogens with zero attached hydrogens (tertiary/aromatic N) is 1. The molecule has 0 fully saturated rings. The normalized spacial score (nSPS) is 12.8. The number of rotatable bonds is 7. The molecule has 4 nitrogen and oxygen atoms in total. The molecule has 1 heterocycles. The third-order valence-electron chi connectivity index (χ3n) is 2.59. The molecule has 1 N–H and O–H groups in total. The molecule has 18 heavy (non-hydrogen) atoms. The van der Waals surface area contributed by atoms with Crippen LogP contribution in [-0.2, 0) is 11.3 Å². The van der Waals surface area contributed by atoms with Crippen LogP contribution in [0.5, 0.6) is 5.88 Å². The molecule has 1 aromatic heterocycles. The lowest BCUT2D eigenvalue weighted by Gasteiger charge is -2.15. The van der Waals surface area contributed by atoms with Gasteiger partial charge in [-0.05, 0) is 19.4 Å². The number of aryl methyl sites for hydroxylation is 1. The Hall–Kier alpha value is -1.13. The average Bonchev–Trinajstić information content (AvgIpc) is 2.28. The van der Waals surface area contributed by atoms with E-state index >= 15 is 0 Å². The van der Waals surface area contributed by atoms with E-state index < -0.39 is 0 Å². The number of methoxy groups -OCH3 is 1. The fourth-order valence-electron chi connectivity index (χ4n) is 1.61. The van der Waals surface area contributed by atoms with Crippen molar-refractivity contribution in [3.05, 3.63) is 23.4 Å². The first-order chi connectivity index (χ1) is 8.52. The van der Waals surface area contributed by atoms with Crippen LogP contribution >= 0.6 is 0 Å². The SMILES string of the molecule is COCC(C)Oc1ccc(CNC(C)C)c(C)n1. The smallest absolute Gasteiger partial charge is 0.213 e. The molecule has 0 aliphatic rings.